The fourth-order valence-corrected chi connectivity index (χ4v) is 2.63. The number of carbonyl (C=O) groups excluding carboxylic acids is 1. The maximum absolute atomic E-state index is 13.7. The van der Waals surface area contributed by atoms with Crippen LogP contribution in [0.5, 0.6) is 0 Å². The third-order valence-corrected chi connectivity index (χ3v) is 3.81. The molecule has 0 aromatic heterocycles. The molecule has 104 valence electrons. The van der Waals surface area contributed by atoms with E-state index in [4.69, 9.17) is 11.6 Å². The molecule has 1 unspecified atom stereocenters. The molecule has 0 saturated carbocycles. The zero-order valence-corrected chi connectivity index (χ0v) is 12.8. The predicted molar refractivity (Wildman–Crippen MR) is 81.9 cm³/mol. The topological polar surface area (TPSA) is 29.1 Å². The van der Waals surface area contributed by atoms with Gasteiger partial charge in [0.2, 0.25) is 0 Å². The molecule has 2 aromatic rings. The van der Waals surface area contributed by atoms with E-state index < -0.39 is 11.7 Å². The van der Waals surface area contributed by atoms with Crippen LogP contribution in [0.4, 0.5) is 4.39 Å². The molecule has 0 spiro atoms. The molecule has 1 N–H and O–H groups in total. The van der Waals surface area contributed by atoms with Crippen molar-refractivity contribution in [2.24, 2.45) is 0 Å². The Kier molecular flexibility index (Phi) is 5.15. The number of hydrogen-bond donors (Lipinski definition) is 1. The molecular formula is C15H12BrClFNO. The number of carbonyl (C=O) groups is 1. The predicted octanol–water partition coefficient (Wildman–Crippen LogP) is 4.35. The van der Waals surface area contributed by atoms with Crippen LogP contribution in [-0.4, -0.2) is 11.2 Å². The monoisotopic (exact) mass is 355 g/mol. The van der Waals surface area contributed by atoms with Crippen molar-refractivity contribution in [3.8, 4) is 0 Å². The van der Waals surface area contributed by atoms with Crippen molar-refractivity contribution < 1.29 is 9.18 Å². The number of rotatable bonds is 4. The Morgan fingerprint density at radius 3 is 2.50 bits per heavy atom. The highest BCUT2D eigenvalue weighted by atomic mass is 79.9. The van der Waals surface area contributed by atoms with Crippen LogP contribution in [0.25, 0.3) is 0 Å². The molecule has 2 rings (SSSR count). The third kappa shape index (κ3) is 3.38. The number of alkyl halides is 1. The summed E-state index contributed by atoms with van der Waals surface area (Å²) in [5.41, 5.74) is 0.807. The van der Waals surface area contributed by atoms with E-state index in [9.17, 15) is 9.18 Å². The number of halogens is 3. The van der Waals surface area contributed by atoms with Crippen molar-refractivity contribution in [3.05, 3.63) is 70.5 Å². The van der Waals surface area contributed by atoms with Gasteiger partial charge in [-0.1, -0.05) is 63.9 Å². The van der Waals surface area contributed by atoms with Gasteiger partial charge < -0.3 is 5.32 Å². The van der Waals surface area contributed by atoms with E-state index in [0.29, 0.717) is 5.33 Å². The van der Waals surface area contributed by atoms with Crippen molar-refractivity contribution >= 4 is 33.4 Å². The molecule has 0 saturated heterocycles. The van der Waals surface area contributed by atoms with Crippen molar-refractivity contribution in [1.29, 1.82) is 0 Å². The lowest BCUT2D eigenvalue weighted by molar-refractivity contribution is 0.0937. The van der Waals surface area contributed by atoms with Crippen LogP contribution in [0, 0.1) is 5.82 Å². The van der Waals surface area contributed by atoms with Gasteiger partial charge in [0.1, 0.15) is 5.82 Å². The van der Waals surface area contributed by atoms with Crippen molar-refractivity contribution in [1.82, 2.24) is 5.32 Å². The lowest BCUT2D eigenvalue weighted by Gasteiger charge is -2.17. The van der Waals surface area contributed by atoms with Crippen molar-refractivity contribution in [3.63, 3.8) is 0 Å². The molecule has 0 fully saturated rings. The summed E-state index contributed by atoms with van der Waals surface area (Å²) in [4.78, 5) is 12.2. The molecule has 2 nitrogen and oxygen atoms in total. The van der Waals surface area contributed by atoms with Crippen LogP contribution < -0.4 is 5.32 Å². The average molecular weight is 357 g/mol. The summed E-state index contributed by atoms with van der Waals surface area (Å²) in [5.74, 6) is -1.15. The molecule has 0 heterocycles. The highest BCUT2D eigenvalue weighted by molar-refractivity contribution is 9.09. The van der Waals surface area contributed by atoms with Gasteiger partial charge in [-0.2, -0.15) is 0 Å². The summed E-state index contributed by atoms with van der Waals surface area (Å²) in [6, 6.07) is 13.4. The minimum absolute atomic E-state index is 0.101. The summed E-state index contributed by atoms with van der Waals surface area (Å²) < 4.78 is 13.7. The van der Waals surface area contributed by atoms with Gasteiger partial charge in [-0.25, -0.2) is 4.39 Å². The maximum Gasteiger partial charge on any atom is 0.256 e. The second kappa shape index (κ2) is 6.86. The van der Waals surface area contributed by atoms with E-state index in [1.165, 1.54) is 18.2 Å². The van der Waals surface area contributed by atoms with Gasteiger partial charge in [-0.15, -0.1) is 0 Å². The van der Waals surface area contributed by atoms with Crippen molar-refractivity contribution in [2.75, 3.05) is 5.33 Å². The number of benzene rings is 2. The molecule has 0 aliphatic carbocycles. The summed E-state index contributed by atoms with van der Waals surface area (Å²) >= 11 is 9.23. The molecule has 20 heavy (non-hydrogen) atoms. The fourth-order valence-electron chi connectivity index (χ4n) is 1.84. The van der Waals surface area contributed by atoms with Crippen LogP contribution in [0.3, 0.4) is 0 Å². The van der Waals surface area contributed by atoms with Crippen molar-refractivity contribution in [2.45, 2.75) is 6.04 Å². The Morgan fingerprint density at radius 1 is 1.20 bits per heavy atom. The number of hydrogen-bond acceptors (Lipinski definition) is 1. The highest BCUT2D eigenvalue weighted by Crippen LogP contribution is 2.21. The van der Waals surface area contributed by atoms with Gasteiger partial charge in [0.25, 0.3) is 5.91 Å². The van der Waals surface area contributed by atoms with E-state index >= 15 is 0 Å². The minimum Gasteiger partial charge on any atom is -0.344 e. The van der Waals surface area contributed by atoms with E-state index in [0.717, 1.165) is 5.56 Å². The fraction of sp³-hybridized carbons (Fsp3) is 0.133. The first-order valence-electron chi connectivity index (χ1n) is 5.99. The molecule has 5 heteroatoms. The molecule has 0 aliphatic rings. The summed E-state index contributed by atoms with van der Waals surface area (Å²) in [7, 11) is 0. The van der Waals surface area contributed by atoms with Gasteiger partial charge >= 0.3 is 0 Å². The van der Waals surface area contributed by atoms with Gasteiger partial charge in [-0.3, -0.25) is 4.79 Å². The Hall–Kier alpha value is -1.39. The van der Waals surface area contributed by atoms with Crippen LogP contribution in [-0.2, 0) is 0 Å². The number of nitrogens with one attached hydrogen (secondary N) is 1. The van der Waals surface area contributed by atoms with Crippen LogP contribution >= 0.6 is 27.5 Å². The lowest BCUT2D eigenvalue weighted by atomic mass is 10.1. The molecule has 0 bridgehead atoms. The molecule has 0 aliphatic heterocycles. The molecular weight excluding hydrogens is 345 g/mol. The zero-order chi connectivity index (χ0) is 14.5. The molecule has 1 atom stereocenters. The van der Waals surface area contributed by atoms with Gasteiger partial charge in [0.05, 0.1) is 16.6 Å². The first-order chi connectivity index (χ1) is 9.63. The van der Waals surface area contributed by atoms with Gasteiger partial charge in [-0.05, 0) is 17.7 Å². The lowest BCUT2D eigenvalue weighted by Crippen LogP contribution is -2.30. The standard InChI is InChI=1S/C15H12BrClFNO/c16-9-13(10-5-2-1-3-6-10)19-15(20)14-11(17)7-4-8-12(14)18/h1-8,13H,9H2,(H,19,20). The quantitative estimate of drug-likeness (QED) is 0.811. The number of amides is 1. The van der Waals surface area contributed by atoms with E-state index in [1.807, 2.05) is 30.3 Å². The maximum atomic E-state index is 13.7. The summed E-state index contributed by atoms with van der Waals surface area (Å²) in [6.07, 6.45) is 0. The van der Waals surface area contributed by atoms with E-state index in [1.54, 1.807) is 0 Å². The van der Waals surface area contributed by atoms with Gasteiger partial charge in [0.15, 0.2) is 0 Å². The van der Waals surface area contributed by atoms with Crippen LogP contribution in [0.15, 0.2) is 48.5 Å². The molecule has 0 radical (unpaired) electrons. The Morgan fingerprint density at radius 2 is 1.90 bits per heavy atom. The minimum atomic E-state index is -0.628. The van der Waals surface area contributed by atoms with Crippen LogP contribution in [0.1, 0.15) is 22.0 Å². The van der Waals surface area contributed by atoms with Crippen LogP contribution in [0.2, 0.25) is 5.02 Å². The SMILES string of the molecule is O=C(NC(CBr)c1ccccc1)c1c(F)cccc1Cl. The average Bonchev–Trinajstić information content (AvgIpc) is 2.45. The van der Waals surface area contributed by atoms with Gasteiger partial charge in [0, 0.05) is 5.33 Å². The second-order valence-electron chi connectivity index (χ2n) is 4.19. The Labute approximate surface area is 130 Å². The van der Waals surface area contributed by atoms with E-state index in [2.05, 4.69) is 21.2 Å². The van der Waals surface area contributed by atoms with E-state index in [-0.39, 0.29) is 16.6 Å². The molecule has 2 aromatic carbocycles. The smallest absolute Gasteiger partial charge is 0.256 e. The summed E-state index contributed by atoms with van der Waals surface area (Å²) in [5, 5.41) is 3.39. The first kappa shape index (κ1) is 15.0. The Balaban J connectivity index is 2.22. The Bertz CT molecular complexity index is 586. The highest BCUT2D eigenvalue weighted by Gasteiger charge is 2.19. The molecule has 1 amide bonds. The summed E-state index contributed by atoms with van der Waals surface area (Å²) in [6.45, 7) is 0. The third-order valence-electron chi connectivity index (χ3n) is 2.85. The zero-order valence-electron chi connectivity index (χ0n) is 10.4. The first-order valence-corrected chi connectivity index (χ1v) is 7.49. The second-order valence-corrected chi connectivity index (χ2v) is 5.24. The normalized spacial score (nSPS) is 11.9. The largest absolute Gasteiger partial charge is 0.344 e.